The van der Waals surface area contributed by atoms with Crippen molar-refractivity contribution < 1.29 is 19.1 Å². The number of carbonyl (C=O) groups is 2. The highest BCUT2D eigenvalue weighted by Crippen LogP contribution is 2.41. The summed E-state index contributed by atoms with van der Waals surface area (Å²) in [5, 5.41) is 2.83. The second-order valence-corrected chi connectivity index (χ2v) is 8.09. The fraction of sp³-hybridized carbons (Fsp3) is 0.125. The molecule has 0 saturated heterocycles. The molecule has 0 aliphatic carbocycles. The predicted octanol–water partition coefficient (Wildman–Crippen LogP) is 4.48. The number of nitrogens with one attached hydrogen (secondary N) is 1. The quantitative estimate of drug-likeness (QED) is 0.339. The summed E-state index contributed by atoms with van der Waals surface area (Å²) in [6.45, 7) is 1.47. The van der Waals surface area contributed by atoms with E-state index >= 15 is 0 Å². The molecular formula is C24H21N3O4S. The zero-order chi connectivity index (χ0) is 22.5. The van der Waals surface area contributed by atoms with Crippen LogP contribution < -0.4 is 10.1 Å². The molecule has 2 heterocycles. The standard InChI is InChI=1S/C24H21N3O4S/c1-16(28)31-19-11-5-3-9-17(19)15-30-23-18-10-4-6-12-20(18)32-27(2)22(23)24(29)26-21-13-7-8-14-25-21/h3-14H,15H2,1-2H3,(H,25,26,29). The summed E-state index contributed by atoms with van der Waals surface area (Å²) in [5.74, 6) is 0.560. The number of hydrogen-bond donors (Lipinski definition) is 1. The van der Waals surface area contributed by atoms with E-state index in [0.717, 1.165) is 10.5 Å². The van der Waals surface area contributed by atoms with Crippen molar-refractivity contribution in [1.82, 2.24) is 9.29 Å². The van der Waals surface area contributed by atoms with Gasteiger partial charge in [0.1, 0.15) is 18.2 Å². The molecule has 1 N–H and O–H groups in total. The van der Waals surface area contributed by atoms with E-state index in [4.69, 9.17) is 9.47 Å². The Morgan fingerprint density at radius 3 is 2.56 bits per heavy atom. The van der Waals surface area contributed by atoms with Crippen molar-refractivity contribution in [3.8, 4) is 5.75 Å². The van der Waals surface area contributed by atoms with Gasteiger partial charge in [-0.1, -0.05) is 36.4 Å². The van der Waals surface area contributed by atoms with Crippen molar-refractivity contribution in [3.05, 3.63) is 89.8 Å². The lowest BCUT2D eigenvalue weighted by Crippen LogP contribution is -2.28. The monoisotopic (exact) mass is 447 g/mol. The molecule has 4 rings (SSSR count). The molecule has 0 spiro atoms. The van der Waals surface area contributed by atoms with E-state index in [1.807, 2.05) is 43.4 Å². The van der Waals surface area contributed by atoms with Crippen molar-refractivity contribution in [2.24, 2.45) is 0 Å². The normalized spacial score (nSPS) is 12.8. The molecule has 1 amide bonds. The summed E-state index contributed by atoms with van der Waals surface area (Å²) < 4.78 is 13.3. The first-order valence-corrected chi connectivity index (χ1v) is 10.7. The molecule has 0 atom stereocenters. The molecule has 3 aromatic rings. The first-order valence-electron chi connectivity index (χ1n) is 9.90. The fourth-order valence-corrected chi connectivity index (χ4v) is 4.18. The van der Waals surface area contributed by atoms with Crippen LogP contribution in [-0.4, -0.2) is 28.2 Å². The van der Waals surface area contributed by atoms with Crippen LogP contribution in [0.2, 0.25) is 0 Å². The highest BCUT2D eigenvalue weighted by molar-refractivity contribution is 7.97. The van der Waals surface area contributed by atoms with Crippen molar-refractivity contribution in [2.75, 3.05) is 12.4 Å². The van der Waals surface area contributed by atoms with Crippen molar-refractivity contribution in [3.63, 3.8) is 0 Å². The zero-order valence-corrected chi connectivity index (χ0v) is 18.4. The summed E-state index contributed by atoms with van der Waals surface area (Å²) in [6, 6.07) is 20.2. The zero-order valence-electron chi connectivity index (χ0n) is 17.6. The van der Waals surface area contributed by atoms with E-state index < -0.39 is 5.97 Å². The second kappa shape index (κ2) is 9.57. The third kappa shape index (κ3) is 4.76. The highest BCUT2D eigenvalue weighted by atomic mass is 32.2. The number of carbonyl (C=O) groups excluding carboxylic acids is 2. The molecule has 0 unspecified atom stereocenters. The van der Waals surface area contributed by atoms with Gasteiger partial charge in [-0.2, -0.15) is 0 Å². The van der Waals surface area contributed by atoms with Crippen LogP contribution in [0.4, 0.5) is 5.82 Å². The van der Waals surface area contributed by atoms with Gasteiger partial charge in [0.05, 0.1) is 0 Å². The highest BCUT2D eigenvalue weighted by Gasteiger charge is 2.30. The summed E-state index contributed by atoms with van der Waals surface area (Å²) in [7, 11) is 1.81. The Morgan fingerprint density at radius 1 is 1.03 bits per heavy atom. The Kier molecular flexibility index (Phi) is 6.42. The third-order valence-corrected chi connectivity index (χ3v) is 5.63. The maximum absolute atomic E-state index is 13.2. The lowest BCUT2D eigenvalue weighted by atomic mass is 10.1. The number of esters is 1. The first kappa shape index (κ1) is 21.5. The minimum Gasteiger partial charge on any atom is -0.486 e. The van der Waals surface area contributed by atoms with E-state index in [9.17, 15) is 9.59 Å². The molecule has 32 heavy (non-hydrogen) atoms. The van der Waals surface area contributed by atoms with Gasteiger partial charge in [-0.25, -0.2) is 4.98 Å². The number of para-hydroxylation sites is 1. The van der Waals surface area contributed by atoms with E-state index in [0.29, 0.717) is 28.6 Å². The number of benzene rings is 2. The molecule has 2 aromatic carbocycles. The number of hydrogen-bond acceptors (Lipinski definition) is 7. The van der Waals surface area contributed by atoms with Gasteiger partial charge in [-0.3, -0.25) is 9.59 Å². The van der Waals surface area contributed by atoms with E-state index in [1.54, 1.807) is 40.8 Å². The number of nitrogens with zero attached hydrogens (tertiary/aromatic N) is 2. The number of rotatable bonds is 6. The number of aromatic nitrogens is 1. The van der Waals surface area contributed by atoms with Gasteiger partial charge in [0, 0.05) is 36.2 Å². The minimum atomic E-state index is -0.411. The Balaban J connectivity index is 1.69. The Bertz CT molecular complexity index is 1180. The fourth-order valence-electron chi connectivity index (χ4n) is 3.23. The smallest absolute Gasteiger partial charge is 0.308 e. The van der Waals surface area contributed by atoms with Crippen LogP contribution in [0.5, 0.6) is 5.75 Å². The summed E-state index contributed by atoms with van der Waals surface area (Å²) >= 11 is 1.44. The van der Waals surface area contributed by atoms with Crippen molar-refractivity contribution in [2.45, 2.75) is 18.4 Å². The van der Waals surface area contributed by atoms with Gasteiger partial charge in [-0.05, 0) is 42.3 Å². The van der Waals surface area contributed by atoms with E-state index in [-0.39, 0.29) is 12.5 Å². The number of pyridine rings is 1. The molecule has 0 radical (unpaired) electrons. The summed E-state index contributed by atoms with van der Waals surface area (Å²) in [5.41, 5.74) is 1.87. The lowest BCUT2D eigenvalue weighted by Gasteiger charge is -2.29. The molecule has 0 bridgehead atoms. The first-order chi connectivity index (χ1) is 15.5. The Morgan fingerprint density at radius 2 is 1.78 bits per heavy atom. The maximum Gasteiger partial charge on any atom is 0.308 e. The van der Waals surface area contributed by atoms with Crippen molar-refractivity contribution >= 4 is 35.4 Å². The van der Waals surface area contributed by atoms with E-state index in [1.165, 1.54) is 18.9 Å². The van der Waals surface area contributed by atoms with Gasteiger partial charge >= 0.3 is 5.97 Å². The summed E-state index contributed by atoms with van der Waals surface area (Å²) in [6.07, 6.45) is 1.61. The van der Waals surface area contributed by atoms with Gasteiger partial charge in [0.25, 0.3) is 5.91 Å². The molecule has 8 heteroatoms. The summed E-state index contributed by atoms with van der Waals surface area (Å²) in [4.78, 5) is 29.8. The number of likely N-dealkylation sites (N-methyl/N-ethyl adjacent to an activating group) is 1. The molecule has 1 aliphatic rings. The van der Waals surface area contributed by atoms with Crippen LogP contribution in [0, 0.1) is 0 Å². The SMILES string of the molecule is CC(=O)Oc1ccccc1COC1=C(C(=O)Nc2ccccn2)N(C)Sc2ccccc21. The number of amides is 1. The molecular weight excluding hydrogens is 426 g/mol. The van der Waals surface area contributed by atoms with Crippen LogP contribution >= 0.6 is 11.9 Å². The number of anilines is 1. The minimum absolute atomic E-state index is 0.117. The van der Waals surface area contributed by atoms with E-state index in [2.05, 4.69) is 10.3 Å². The molecule has 1 aromatic heterocycles. The van der Waals surface area contributed by atoms with Crippen LogP contribution in [0.25, 0.3) is 5.76 Å². The molecule has 7 nitrogen and oxygen atoms in total. The number of fused-ring (bicyclic) bond motifs is 1. The largest absolute Gasteiger partial charge is 0.486 e. The second-order valence-electron chi connectivity index (χ2n) is 6.92. The Hall–Kier alpha value is -3.78. The average Bonchev–Trinajstić information content (AvgIpc) is 2.78. The van der Waals surface area contributed by atoms with Crippen LogP contribution in [-0.2, 0) is 20.9 Å². The van der Waals surface area contributed by atoms with Crippen molar-refractivity contribution in [1.29, 1.82) is 0 Å². The van der Waals surface area contributed by atoms with Crippen LogP contribution in [0.1, 0.15) is 18.1 Å². The van der Waals surface area contributed by atoms with Gasteiger partial charge < -0.3 is 19.1 Å². The molecule has 162 valence electrons. The molecule has 0 saturated carbocycles. The third-order valence-electron chi connectivity index (χ3n) is 4.62. The average molecular weight is 448 g/mol. The van der Waals surface area contributed by atoms with Crippen LogP contribution in [0.3, 0.4) is 0 Å². The molecule has 0 fully saturated rings. The van der Waals surface area contributed by atoms with Gasteiger partial charge in [0.2, 0.25) is 0 Å². The van der Waals surface area contributed by atoms with Crippen LogP contribution in [0.15, 0.2) is 83.5 Å². The topological polar surface area (TPSA) is 80.8 Å². The van der Waals surface area contributed by atoms with Gasteiger partial charge in [0.15, 0.2) is 11.5 Å². The number of ether oxygens (including phenoxy) is 2. The maximum atomic E-state index is 13.2. The molecule has 1 aliphatic heterocycles. The predicted molar refractivity (Wildman–Crippen MR) is 122 cm³/mol. The van der Waals surface area contributed by atoms with Gasteiger partial charge in [-0.15, -0.1) is 0 Å². The lowest BCUT2D eigenvalue weighted by molar-refractivity contribution is -0.132. The Labute approximate surface area is 190 Å².